The number of hydrogen-bond acceptors (Lipinski definition) is 3. The zero-order valence-electron chi connectivity index (χ0n) is 14.3. The van der Waals surface area contributed by atoms with Gasteiger partial charge in [0.05, 0.1) is 0 Å². The molecule has 25 heavy (non-hydrogen) atoms. The molecule has 0 spiro atoms. The van der Waals surface area contributed by atoms with Crippen molar-refractivity contribution in [3.63, 3.8) is 0 Å². The molecule has 1 N–H and O–H groups in total. The molecular formula is C19H24BrN3O2. The Balaban J connectivity index is 1.48. The highest BCUT2D eigenvalue weighted by atomic mass is 79.9. The third-order valence-electron chi connectivity index (χ3n) is 4.88. The van der Waals surface area contributed by atoms with Crippen LogP contribution in [-0.2, 0) is 9.59 Å². The van der Waals surface area contributed by atoms with E-state index in [0.717, 1.165) is 36.0 Å². The van der Waals surface area contributed by atoms with Crippen molar-refractivity contribution in [2.75, 3.05) is 39.3 Å². The van der Waals surface area contributed by atoms with E-state index in [1.165, 1.54) is 0 Å². The predicted octanol–water partition coefficient (Wildman–Crippen LogP) is 2.13. The van der Waals surface area contributed by atoms with Crippen molar-refractivity contribution in [3.8, 4) is 0 Å². The molecule has 0 atom stereocenters. The van der Waals surface area contributed by atoms with Crippen molar-refractivity contribution in [1.82, 2.24) is 15.1 Å². The van der Waals surface area contributed by atoms with Gasteiger partial charge in [0.25, 0.3) is 0 Å². The highest BCUT2D eigenvalue weighted by molar-refractivity contribution is 9.10. The van der Waals surface area contributed by atoms with Gasteiger partial charge >= 0.3 is 0 Å². The Kier molecular flexibility index (Phi) is 6.26. The summed E-state index contributed by atoms with van der Waals surface area (Å²) >= 11 is 3.40. The molecular weight excluding hydrogens is 382 g/mol. The molecule has 2 saturated heterocycles. The van der Waals surface area contributed by atoms with Gasteiger partial charge in [0.1, 0.15) is 0 Å². The standard InChI is InChI=1S/C19H24BrN3O2/c20-17-4-1-15(2-5-17)3-6-18(24)22-11-13-23(14-12-22)19(25)16-7-9-21-10-8-16/h1-6,16,21H,7-14H2/b6-3+. The van der Waals surface area contributed by atoms with E-state index in [-0.39, 0.29) is 17.7 Å². The van der Waals surface area contributed by atoms with Gasteiger partial charge < -0.3 is 15.1 Å². The second-order valence-electron chi connectivity index (χ2n) is 6.56. The smallest absolute Gasteiger partial charge is 0.246 e. The minimum Gasteiger partial charge on any atom is -0.339 e. The summed E-state index contributed by atoms with van der Waals surface area (Å²) in [4.78, 5) is 28.6. The summed E-state index contributed by atoms with van der Waals surface area (Å²) in [5.74, 6) is 0.427. The molecule has 2 aliphatic rings. The summed E-state index contributed by atoms with van der Waals surface area (Å²) in [7, 11) is 0. The Bertz CT molecular complexity index is 631. The number of benzene rings is 1. The minimum absolute atomic E-state index is 0.0110. The second kappa shape index (κ2) is 8.63. The molecule has 134 valence electrons. The third-order valence-corrected chi connectivity index (χ3v) is 5.41. The van der Waals surface area contributed by atoms with Gasteiger partial charge in [-0.05, 0) is 49.7 Å². The van der Waals surface area contributed by atoms with Gasteiger partial charge in [0.15, 0.2) is 0 Å². The average Bonchev–Trinajstić information content (AvgIpc) is 2.67. The lowest BCUT2D eigenvalue weighted by Gasteiger charge is -2.36. The number of carbonyl (C=O) groups excluding carboxylic acids is 2. The van der Waals surface area contributed by atoms with Crippen molar-refractivity contribution in [3.05, 3.63) is 40.4 Å². The van der Waals surface area contributed by atoms with E-state index >= 15 is 0 Å². The summed E-state index contributed by atoms with van der Waals surface area (Å²) in [6.07, 6.45) is 5.30. The monoisotopic (exact) mass is 405 g/mol. The second-order valence-corrected chi connectivity index (χ2v) is 7.48. The fourth-order valence-corrected chi connectivity index (χ4v) is 3.59. The van der Waals surface area contributed by atoms with Crippen LogP contribution in [0.4, 0.5) is 0 Å². The van der Waals surface area contributed by atoms with Crippen LogP contribution in [0.15, 0.2) is 34.8 Å². The zero-order valence-corrected chi connectivity index (χ0v) is 15.9. The van der Waals surface area contributed by atoms with E-state index in [1.54, 1.807) is 6.08 Å². The van der Waals surface area contributed by atoms with Crippen LogP contribution in [0, 0.1) is 5.92 Å². The topological polar surface area (TPSA) is 52.7 Å². The molecule has 1 aromatic carbocycles. The molecule has 6 heteroatoms. The number of rotatable bonds is 3. The van der Waals surface area contributed by atoms with Crippen LogP contribution in [0.2, 0.25) is 0 Å². The quantitative estimate of drug-likeness (QED) is 0.783. The largest absolute Gasteiger partial charge is 0.339 e. The molecule has 0 aromatic heterocycles. The first-order valence-electron chi connectivity index (χ1n) is 8.85. The normalized spacial score (nSPS) is 19.4. The summed E-state index contributed by atoms with van der Waals surface area (Å²) in [5.41, 5.74) is 0.997. The van der Waals surface area contributed by atoms with Gasteiger partial charge in [-0.3, -0.25) is 9.59 Å². The molecule has 0 aliphatic carbocycles. The van der Waals surface area contributed by atoms with E-state index in [2.05, 4.69) is 21.2 Å². The Labute approximate surface area is 157 Å². The van der Waals surface area contributed by atoms with Crippen LogP contribution in [0.25, 0.3) is 6.08 Å². The van der Waals surface area contributed by atoms with Crippen molar-refractivity contribution >= 4 is 33.8 Å². The van der Waals surface area contributed by atoms with Crippen molar-refractivity contribution in [1.29, 1.82) is 0 Å². The summed E-state index contributed by atoms with van der Waals surface area (Å²) in [5, 5.41) is 3.29. The molecule has 1 aromatic rings. The Hall–Kier alpha value is -1.66. The lowest BCUT2D eigenvalue weighted by atomic mass is 9.96. The number of halogens is 1. The van der Waals surface area contributed by atoms with Gasteiger partial charge in [-0.2, -0.15) is 0 Å². The molecule has 5 nitrogen and oxygen atoms in total. The van der Waals surface area contributed by atoms with Gasteiger partial charge in [0, 0.05) is 42.6 Å². The van der Waals surface area contributed by atoms with Crippen LogP contribution >= 0.6 is 15.9 Å². The van der Waals surface area contributed by atoms with Crippen LogP contribution in [-0.4, -0.2) is 60.9 Å². The zero-order chi connectivity index (χ0) is 17.6. The van der Waals surface area contributed by atoms with Crippen LogP contribution in [0.5, 0.6) is 0 Å². The lowest BCUT2D eigenvalue weighted by molar-refractivity contribution is -0.141. The third kappa shape index (κ3) is 4.92. The molecule has 2 heterocycles. The highest BCUT2D eigenvalue weighted by Crippen LogP contribution is 2.17. The number of piperazine rings is 1. The van der Waals surface area contributed by atoms with Crippen LogP contribution in [0.1, 0.15) is 18.4 Å². The van der Waals surface area contributed by atoms with E-state index in [4.69, 9.17) is 0 Å². The van der Waals surface area contributed by atoms with E-state index in [0.29, 0.717) is 26.2 Å². The number of amides is 2. The number of carbonyl (C=O) groups is 2. The highest BCUT2D eigenvalue weighted by Gasteiger charge is 2.29. The van der Waals surface area contributed by atoms with Gasteiger partial charge in [-0.25, -0.2) is 0 Å². The number of piperidine rings is 1. The molecule has 3 rings (SSSR count). The average molecular weight is 406 g/mol. The molecule has 0 radical (unpaired) electrons. The van der Waals surface area contributed by atoms with Crippen molar-refractivity contribution < 1.29 is 9.59 Å². The van der Waals surface area contributed by atoms with Gasteiger partial charge in [-0.15, -0.1) is 0 Å². The first-order chi connectivity index (χ1) is 12.1. The number of nitrogens with zero attached hydrogens (tertiary/aromatic N) is 2. The Morgan fingerprint density at radius 2 is 1.60 bits per heavy atom. The van der Waals surface area contributed by atoms with Crippen molar-refractivity contribution in [2.45, 2.75) is 12.8 Å². The van der Waals surface area contributed by atoms with E-state index in [9.17, 15) is 9.59 Å². The first-order valence-corrected chi connectivity index (χ1v) is 9.65. The van der Waals surface area contributed by atoms with Gasteiger partial charge in [0.2, 0.25) is 11.8 Å². The maximum absolute atomic E-state index is 12.5. The van der Waals surface area contributed by atoms with E-state index < -0.39 is 0 Å². The summed E-state index contributed by atoms with van der Waals surface area (Å²) in [6.45, 7) is 4.35. The fraction of sp³-hybridized carbons (Fsp3) is 0.474. The fourth-order valence-electron chi connectivity index (χ4n) is 3.32. The number of hydrogen-bond donors (Lipinski definition) is 1. The van der Waals surface area contributed by atoms with Gasteiger partial charge in [-0.1, -0.05) is 28.1 Å². The minimum atomic E-state index is 0.0110. The van der Waals surface area contributed by atoms with Crippen LogP contribution < -0.4 is 5.32 Å². The molecule has 0 bridgehead atoms. The SMILES string of the molecule is O=C(/C=C/c1ccc(Br)cc1)N1CCN(C(=O)C2CCNCC2)CC1. The molecule has 2 fully saturated rings. The first kappa shape index (κ1) is 18.1. The number of nitrogens with one attached hydrogen (secondary N) is 1. The van der Waals surface area contributed by atoms with Crippen molar-refractivity contribution in [2.24, 2.45) is 5.92 Å². The Morgan fingerprint density at radius 1 is 1.00 bits per heavy atom. The van der Waals surface area contributed by atoms with Crippen LogP contribution in [0.3, 0.4) is 0 Å². The lowest BCUT2D eigenvalue weighted by Crippen LogP contribution is -2.52. The Morgan fingerprint density at radius 3 is 2.24 bits per heavy atom. The molecule has 0 saturated carbocycles. The maximum atomic E-state index is 12.5. The predicted molar refractivity (Wildman–Crippen MR) is 102 cm³/mol. The molecule has 2 amide bonds. The molecule has 0 unspecified atom stereocenters. The summed E-state index contributed by atoms with van der Waals surface area (Å²) < 4.78 is 1.02. The van der Waals surface area contributed by atoms with E-state index in [1.807, 2.05) is 40.1 Å². The molecule has 2 aliphatic heterocycles. The maximum Gasteiger partial charge on any atom is 0.246 e. The summed E-state index contributed by atoms with van der Waals surface area (Å²) in [6, 6.07) is 7.83.